The molecule has 0 radical (unpaired) electrons. The van der Waals surface area contributed by atoms with Crippen LogP contribution in [0.1, 0.15) is 51.5 Å². The molecule has 1 fully saturated rings. The van der Waals surface area contributed by atoms with Crippen molar-refractivity contribution in [2.75, 3.05) is 26.2 Å². The summed E-state index contributed by atoms with van der Waals surface area (Å²) in [6.07, 6.45) is 2.50. The van der Waals surface area contributed by atoms with Gasteiger partial charge in [-0.05, 0) is 74.8 Å². The Morgan fingerprint density at radius 1 is 0.865 bits per heavy atom. The lowest BCUT2D eigenvalue weighted by Crippen LogP contribution is -2.38. The van der Waals surface area contributed by atoms with E-state index in [1.807, 2.05) is 42.5 Å². The number of piperidine rings is 1. The highest BCUT2D eigenvalue weighted by Gasteiger charge is 2.26. The van der Waals surface area contributed by atoms with Crippen molar-refractivity contribution in [3.63, 3.8) is 0 Å². The zero-order valence-corrected chi connectivity index (χ0v) is 23.3. The molecule has 3 aromatic rings. The molecule has 1 amide bonds. The molecule has 8 heteroatoms. The number of halogens is 4. The lowest BCUT2D eigenvalue weighted by molar-refractivity contribution is 0.0838. The number of benzene rings is 3. The number of Topliss-reactive ketones (excluding diaryl/α,β-unsaturated/α-hetero) is 1. The molecule has 1 aliphatic rings. The van der Waals surface area contributed by atoms with E-state index in [4.69, 9.17) is 46.4 Å². The lowest BCUT2D eigenvalue weighted by Gasteiger charge is -2.32. The molecular weight excluding hydrogens is 550 g/mol. The van der Waals surface area contributed by atoms with E-state index in [0.717, 1.165) is 50.0 Å². The summed E-state index contributed by atoms with van der Waals surface area (Å²) in [7, 11) is 0. The standard InChI is InChI=1S/C29H28Cl4N2O2/c30-23-7-8-24(26(32)17-23)29(37)34-18-22(21-6-9-25(31)27(33)16-21)12-15-35-13-10-20(11-14-35)28(36)19-4-2-1-3-5-19/h1-9,16-17,20,22H,10-15,18H2,(H,34,37). The first-order valence-corrected chi connectivity index (χ1v) is 13.8. The van der Waals surface area contributed by atoms with Gasteiger partial charge in [0, 0.05) is 29.0 Å². The molecule has 1 unspecified atom stereocenters. The van der Waals surface area contributed by atoms with Crippen molar-refractivity contribution in [2.24, 2.45) is 5.92 Å². The molecule has 4 nitrogen and oxygen atoms in total. The molecule has 1 saturated heterocycles. The molecule has 0 aliphatic carbocycles. The summed E-state index contributed by atoms with van der Waals surface area (Å²) in [5.74, 6) is 0.0610. The smallest absolute Gasteiger partial charge is 0.252 e. The Bertz CT molecular complexity index is 1240. The highest BCUT2D eigenvalue weighted by atomic mass is 35.5. The first-order valence-electron chi connectivity index (χ1n) is 12.3. The zero-order chi connectivity index (χ0) is 26.4. The van der Waals surface area contributed by atoms with E-state index in [1.54, 1.807) is 24.3 Å². The SMILES string of the molecule is O=C(NCC(CCN1CCC(C(=O)c2ccccc2)CC1)c1ccc(Cl)c(Cl)c1)c1ccc(Cl)cc1Cl. The van der Waals surface area contributed by atoms with Gasteiger partial charge in [-0.15, -0.1) is 0 Å². The van der Waals surface area contributed by atoms with Gasteiger partial charge in [0.1, 0.15) is 0 Å². The maximum Gasteiger partial charge on any atom is 0.252 e. The van der Waals surface area contributed by atoms with Gasteiger partial charge in [-0.25, -0.2) is 0 Å². The molecule has 194 valence electrons. The fourth-order valence-corrected chi connectivity index (χ4v) is 5.53. The Balaban J connectivity index is 1.37. The van der Waals surface area contributed by atoms with E-state index in [-0.39, 0.29) is 23.5 Å². The molecule has 0 saturated carbocycles. The van der Waals surface area contributed by atoms with Crippen LogP contribution < -0.4 is 5.32 Å². The van der Waals surface area contributed by atoms with E-state index >= 15 is 0 Å². The number of likely N-dealkylation sites (tertiary alicyclic amines) is 1. The summed E-state index contributed by atoms with van der Waals surface area (Å²) in [5, 5.41) is 4.77. The number of hydrogen-bond donors (Lipinski definition) is 1. The summed E-state index contributed by atoms with van der Waals surface area (Å²) in [5.41, 5.74) is 2.17. The van der Waals surface area contributed by atoms with Crippen molar-refractivity contribution >= 4 is 58.1 Å². The molecule has 3 aromatic carbocycles. The van der Waals surface area contributed by atoms with Crippen molar-refractivity contribution in [2.45, 2.75) is 25.2 Å². The van der Waals surface area contributed by atoms with Crippen LogP contribution in [0, 0.1) is 5.92 Å². The number of amides is 1. The molecule has 4 rings (SSSR count). The quantitative estimate of drug-likeness (QED) is 0.264. The van der Waals surface area contributed by atoms with Crippen LogP contribution in [0.25, 0.3) is 0 Å². The van der Waals surface area contributed by atoms with Crippen LogP contribution in [0.15, 0.2) is 66.7 Å². The van der Waals surface area contributed by atoms with Gasteiger partial charge in [-0.1, -0.05) is 82.8 Å². The monoisotopic (exact) mass is 576 g/mol. The number of rotatable bonds is 9. The third kappa shape index (κ3) is 7.49. The predicted molar refractivity (Wildman–Crippen MR) is 153 cm³/mol. The summed E-state index contributed by atoms with van der Waals surface area (Å²) < 4.78 is 0. The number of carbonyl (C=O) groups excluding carboxylic acids is 2. The second-order valence-corrected chi connectivity index (χ2v) is 11.0. The first kappa shape index (κ1) is 27.9. The minimum absolute atomic E-state index is 0.0217. The van der Waals surface area contributed by atoms with E-state index in [1.165, 1.54) is 0 Å². The van der Waals surface area contributed by atoms with Crippen LogP contribution in [-0.4, -0.2) is 42.8 Å². The molecule has 1 aliphatic heterocycles. The highest BCUT2D eigenvalue weighted by Crippen LogP contribution is 2.29. The average molecular weight is 578 g/mol. The van der Waals surface area contributed by atoms with Crippen LogP contribution >= 0.6 is 46.4 Å². The van der Waals surface area contributed by atoms with Gasteiger partial charge >= 0.3 is 0 Å². The van der Waals surface area contributed by atoms with Crippen LogP contribution in [0.3, 0.4) is 0 Å². The molecule has 1 N–H and O–H groups in total. The lowest BCUT2D eigenvalue weighted by atomic mass is 9.88. The Labute approximate surface area is 237 Å². The van der Waals surface area contributed by atoms with Crippen molar-refractivity contribution in [3.05, 3.63) is 104 Å². The Morgan fingerprint density at radius 2 is 1.59 bits per heavy atom. The zero-order valence-electron chi connectivity index (χ0n) is 20.2. The van der Waals surface area contributed by atoms with Gasteiger partial charge in [-0.3, -0.25) is 9.59 Å². The Morgan fingerprint density at radius 3 is 2.27 bits per heavy atom. The van der Waals surface area contributed by atoms with Crippen LogP contribution in [0.2, 0.25) is 20.1 Å². The largest absolute Gasteiger partial charge is 0.351 e. The fourth-order valence-electron chi connectivity index (χ4n) is 4.73. The number of nitrogens with one attached hydrogen (secondary N) is 1. The molecule has 37 heavy (non-hydrogen) atoms. The second kappa shape index (κ2) is 13.1. The van der Waals surface area contributed by atoms with Crippen molar-refractivity contribution in [1.29, 1.82) is 0 Å². The molecule has 1 heterocycles. The van der Waals surface area contributed by atoms with Crippen LogP contribution in [-0.2, 0) is 0 Å². The number of ketones is 1. The summed E-state index contributed by atoms with van der Waals surface area (Å²) in [6.45, 7) is 2.99. The van der Waals surface area contributed by atoms with Crippen LogP contribution in [0.4, 0.5) is 0 Å². The second-order valence-electron chi connectivity index (χ2n) is 9.34. The summed E-state index contributed by atoms with van der Waals surface area (Å²) in [6, 6.07) is 19.9. The van der Waals surface area contributed by atoms with Crippen molar-refractivity contribution < 1.29 is 9.59 Å². The molecule has 0 aromatic heterocycles. The topological polar surface area (TPSA) is 49.4 Å². The fraction of sp³-hybridized carbons (Fsp3) is 0.310. The maximum absolute atomic E-state index is 12.8. The predicted octanol–water partition coefficient (Wildman–Crippen LogP) is 7.80. The normalized spacial score (nSPS) is 15.4. The number of hydrogen-bond acceptors (Lipinski definition) is 3. The third-order valence-corrected chi connectivity index (χ3v) is 8.20. The van der Waals surface area contributed by atoms with Gasteiger partial charge in [0.15, 0.2) is 5.78 Å². The molecule has 1 atom stereocenters. The van der Waals surface area contributed by atoms with Gasteiger partial charge in [0.25, 0.3) is 5.91 Å². The first-order chi connectivity index (χ1) is 17.8. The van der Waals surface area contributed by atoms with E-state index in [2.05, 4.69) is 10.2 Å². The minimum atomic E-state index is -0.257. The minimum Gasteiger partial charge on any atom is -0.351 e. The summed E-state index contributed by atoms with van der Waals surface area (Å²) in [4.78, 5) is 28.0. The van der Waals surface area contributed by atoms with Gasteiger partial charge in [0.05, 0.1) is 20.6 Å². The van der Waals surface area contributed by atoms with Crippen LogP contribution in [0.5, 0.6) is 0 Å². The molecular formula is C29H28Cl4N2O2. The van der Waals surface area contributed by atoms with Crippen molar-refractivity contribution in [3.8, 4) is 0 Å². The average Bonchev–Trinajstić information content (AvgIpc) is 2.90. The van der Waals surface area contributed by atoms with Gasteiger partial charge in [-0.2, -0.15) is 0 Å². The van der Waals surface area contributed by atoms with Crippen molar-refractivity contribution in [1.82, 2.24) is 10.2 Å². The molecule has 0 spiro atoms. The van der Waals surface area contributed by atoms with E-state index in [0.29, 0.717) is 32.2 Å². The maximum atomic E-state index is 12.8. The van der Waals surface area contributed by atoms with E-state index in [9.17, 15) is 9.59 Å². The third-order valence-electron chi connectivity index (χ3n) is 6.91. The van der Waals surface area contributed by atoms with Gasteiger partial charge < -0.3 is 10.2 Å². The summed E-state index contributed by atoms with van der Waals surface area (Å²) >= 11 is 24.6. The highest BCUT2D eigenvalue weighted by molar-refractivity contribution is 6.42. The number of nitrogens with zero attached hydrogens (tertiary/aromatic N) is 1. The Kier molecular flexibility index (Phi) is 9.91. The van der Waals surface area contributed by atoms with Gasteiger partial charge in [0.2, 0.25) is 0 Å². The van der Waals surface area contributed by atoms with E-state index < -0.39 is 0 Å². The Hall–Kier alpha value is -2.08. The molecule has 0 bridgehead atoms. The number of carbonyl (C=O) groups is 2.